The predicted octanol–water partition coefficient (Wildman–Crippen LogP) is 2.41. The molecule has 1 heterocycles. The molecule has 0 spiro atoms. The zero-order chi connectivity index (χ0) is 18.4. The average molecular weight is 352 g/mol. The summed E-state index contributed by atoms with van der Waals surface area (Å²) in [6.07, 6.45) is 1.06. The quantitative estimate of drug-likeness (QED) is 0.784. The van der Waals surface area contributed by atoms with Gasteiger partial charge in [-0.15, -0.1) is 0 Å². The normalized spacial score (nSPS) is 19.6. The fraction of sp³-hybridized carbons (Fsp3) is 0.333. The number of carbonyl (C=O) groups is 2. The summed E-state index contributed by atoms with van der Waals surface area (Å²) in [5.74, 6) is 0.867. The van der Waals surface area contributed by atoms with Gasteiger partial charge < -0.3 is 15.4 Å². The number of amides is 1. The van der Waals surface area contributed by atoms with Gasteiger partial charge in [-0.3, -0.25) is 9.59 Å². The van der Waals surface area contributed by atoms with Gasteiger partial charge in [0.25, 0.3) is 5.91 Å². The summed E-state index contributed by atoms with van der Waals surface area (Å²) < 4.78 is 5.54. The maximum atomic E-state index is 12.4. The van der Waals surface area contributed by atoms with Crippen LogP contribution in [0.1, 0.15) is 29.3 Å². The molecule has 1 aliphatic heterocycles. The molecule has 5 nitrogen and oxygen atoms in total. The van der Waals surface area contributed by atoms with Crippen LogP contribution in [-0.4, -0.2) is 37.4 Å². The Bertz CT molecular complexity index is 744. The zero-order valence-corrected chi connectivity index (χ0v) is 14.9. The van der Waals surface area contributed by atoms with Crippen LogP contribution in [0, 0.1) is 5.92 Å². The van der Waals surface area contributed by atoms with Crippen molar-refractivity contribution in [2.75, 3.05) is 19.7 Å². The van der Waals surface area contributed by atoms with E-state index in [4.69, 9.17) is 4.74 Å². The molecule has 5 heteroatoms. The van der Waals surface area contributed by atoms with E-state index in [2.05, 4.69) is 17.6 Å². The van der Waals surface area contributed by atoms with E-state index in [9.17, 15) is 9.59 Å². The van der Waals surface area contributed by atoms with Crippen LogP contribution in [-0.2, 0) is 4.79 Å². The van der Waals surface area contributed by atoms with Crippen molar-refractivity contribution in [3.05, 3.63) is 65.7 Å². The Hall–Kier alpha value is -2.66. The molecule has 0 bridgehead atoms. The summed E-state index contributed by atoms with van der Waals surface area (Å²) in [6, 6.07) is 16.1. The lowest BCUT2D eigenvalue weighted by molar-refractivity contribution is -0.124. The first-order chi connectivity index (χ1) is 12.6. The number of ether oxygens (including phenoxy) is 1. The predicted molar refractivity (Wildman–Crippen MR) is 100 cm³/mol. The monoisotopic (exact) mass is 352 g/mol. The maximum absolute atomic E-state index is 12.4. The number of rotatable bonds is 6. The second-order valence-corrected chi connectivity index (χ2v) is 6.65. The van der Waals surface area contributed by atoms with E-state index in [0.717, 1.165) is 19.5 Å². The van der Waals surface area contributed by atoms with Gasteiger partial charge in [-0.2, -0.15) is 0 Å². The summed E-state index contributed by atoms with van der Waals surface area (Å²) in [4.78, 5) is 24.4. The summed E-state index contributed by atoms with van der Waals surface area (Å²) >= 11 is 0. The minimum atomic E-state index is -0.130. The number of ketones is 1. The molecule has 0 radical (unpaired) electrons. The SMILES string of the molecule is CC1CCNCC1NC(=O)COc1ccc(C(=O)c2ccccc2)cc1. The van der Waals surface area contributed by atoms with Gasteiger partial charge in [-0.25, -0.2) is 0 Å². The second kappa shape index (κ2) is 8.63. The lowest BCUT2D eigenvalue weighted by Gasteiger charge is -2.30. The Morgan fingerprint density at radius 1 is 1.08 bits per heavy atom. The maximum Gasteiger partial charge on any atom is 0.258 e. The highest BCUT2D eigenvalue weighted by Crippen LogP contribution is 2.16. The molecule has 1 amide bonds. The highest BCUT2D eigenvalue weighted by molar-refractivity contribution is 6.08. The van der Waals surface area contributed by atoms with Crippen LogP contribution >= 0.6 is 0 Å². The van der Waals surface area contributed by atoms with Crippen LogP contribution in [0.2, 0.25) is 0 Å². The first-order valence-electron chi connectivity index (χ1n) is 8.96. The summed E-state index contributed by atoms with van der Waals surface area (Å²) in [5, 5.41) is 6.30. The van der Waals surface area contributed by atoms with E-state index >= 15 is 0 Å². The van der Waals surface area contributed by atoms with E-state index in [0.29, 0.717) is 22.8 Å². The molecule has 2 N–H and O–H groups in total. The standard InChI is InChI=1S/C21H24N2O3/c1-15-11-12-22-13-19(15)23-20(24)14-26-18-9-7-17(8-10-18)21(25)16-5-3-2-4-6-16/h2-10,15,19,22H,11-14H2,1H3,(H,23,24). The van der Waals surface area contributed by atoms with E-state index in [-0.39, 0.29) is 24.3 Å². The van der Waals surface area contributed by atoms with Gasteiger partial charge in [0.05, 0.1) is 0 Å². The molecule has 0 aromatic heterocycles. The molecular weight excluding hydrogens is 328 g/mol. The molecule has 26 heavy (non-hydrogen) atoms. The third kappa shape index (κ3) is 4.70. The van der Waals surface area contributed by atoms with Crippen LogP contribution in [0.3, 0.4) is 0 Å². The van der Waals surface area contributed by atoms with Gasteiger partial charge in [-0.05, 0) is 43.1 Å². The number of hydrogen-bond donors (Lipinski definition) is 2. The van der Waals surface area contributed by atoms with Crippen molar-refractivity contribution in [3.8, 4) is 5.75 Å². The van der Waals surface area contributed by atoms with Gasteiger partial charge in [0.15, 0.2) is 12.4 Å². The van der Waals surface area contributed by atoms with Crippen molar-refractivity contribution in [3.63, 3.8) is 0 Å². The van der Waals surface area contributed by atoms with Gasteiger partial charge in [0.2, 0.25) is 0 Å². The van der Waals surface area contributed by atoms with Gasteiger partial charge in [0, 0.05) is 23.7 Å². The van der Waals surface area contributed by atoms with Crippen molar-refractivity contribution >= 4 is 11.7 Å². The summed E-state index contributed by atoms with van der Waals surface area (Å²) in [6.45, 7) is 3.91. The Balaban J connectivity index is 1.51. The minimum Gasteiger partial charge on any atom is -0.484 e. The smallest absolute Gasteiger partial charge is 0.258 e. The molecule has 1 saturated heterocycles. The number of nitrogens with one attached hydrogen (secondary N) is 2. The number of hydrogen-bond acceptors (Lipinski definition) is 4. The fourth-order valence-electron chi connectivity index (χ4n) is 3.04. The van der Waals surface area contributed by atoms with Gasteiger partial charge in [0.1, 0.15) is 5.75 Å². The molecule has 0 aliphatic carbocycles. The lowest BCUT2D eigenvalue weighted by Crippen LogP contribution is -2.51. The molecule has 2 atom stereocenters. The Kier molecular flexibility index (Phi) is 6.02. The molecule has 1 fully saturated rings. The first kappa shape index (κ1) is 18.1. The Morgan fingerprint density at radius 2 is 1.77 bits per heavy atom. The number of piperidine rings is 1. The molecule has 2 aromatic rings. The zero-order valence-electron chi connectivity index (χ0n) is 14.9. The van der Waals surface area contributed by atoms with E-state index in [1.807, 2.05) is 18.2 Å². The van der Waals surface area contributed by atoms with E-state index in [1.165, 1.54) is 0 Å². The summed E-state index contributed by atoms with van der Waals surface area (Å²) in [5.41, 5.74) is 1.24. The summed E-state index contributed by atoms with van der Waals surface area (Å²) in [7, 11) is 0. The molecule has 1 aliphatic rings. The largest absolute Gasteiger partial charge is 0.484 e. The van der Waals surface area contributed by atoms with E-state index < -0.39 is 0 Å². The van der Waals surface area contributed by atoms with E-state index in [1.54, 1.807) is 36.4 Å². The molecule has 2 aromatic carbocycles. The fourth-order valence-corrected chi connectivity index (χ4v) is 3.04. The molecule has 0 saturated carbocycles. The van der Waals surface area contributed by atoms with Crippen LogP contribution in [0.25, 0.3) is 0 Å². The van der Waals surface area contributed by atoms with Crippen LogP contribution in [0.4, 0.5) is 0 Å². The highest BCUT2D eigenvalue weighted by Gasteiger charge is 2.22. The molecule has 2 unspecified atom stereocenters. The van der Waals surface area contributed by atoms with Crippen molar-refractivity contribution in [1.29, 1.82) is 0 Å². The van der Waals surface area contributed by atoms with Crippen molar-refractivity contribution < 1.29 is 14.3 Å². The third-order valence-corrected chi connectivity index (χ3v) is 4.70. The average Bonchev–Trinajstić information content (AvgIpc) is 2.69. The van der Waals surface area contributed by atoms with Crippen molar-refractivity contribution in [2.45, 2.75) is 19.4 Å². The van der Waals surface area contributed by atoms with Crippen LogP contribution in [0.5, 0.6) is 5.75 Å². The van der Waals surface area contributed by atoms with Crippen molar-refractivity contribution in [1.82, 2.24) is 10.6 Å². The van der Waals surface area contributed by atoms with Crippen molar-refractivity contribution in [2.24, 2.45) is 5.92 Å². The van der Waals surface area contributed by atoms with Gasteiger partial charge in [-0.1, -0.05) is 37.3 Å². The van der Waals surface area contributed by atoms with Crippen LogP contribution < -0.4 is 15.4 Å². The molecule has 136 valence electrons. The Morgan fingerprint density at radius 3 is 2.46 bits per heavy atom. The highest BCUT2D eigenvalue weighted by atomic mass is 16.5. The minimum absolute atomic E-state index is 0.0325. The van der Waals surface area contributed by atoms with Gasteiger partial charge >= 0.3 is 0 Å². The number of carbonyl (C=O) groups excluding carboxylic acids is 2. The third-order valence-electron chi connectivity index (χ3n) is 4.70. The number of benzene rings is 2. The second-order valence-electron chi connectivity index (χ2n) is 6.65. The Labute approximate surface area is 153 Å². The topological polar surface area (TPSA) is 67.4 Å². The molecular formula is C21H24N2O3. The molecule has 3 rings (SSSR count). The first-order valence-corrected chi connectivity index (χ1v) is 8.96. The lowest BCUT2D eigenvalue weighted by atomic mass is 9.95. The van der Waals surface area contributed by atoms with Crippen LogP contribution in [0.15, 0.2) is 54.6 Å².